The zero-order valence-electron chi connectivity index (χ0n) is 9.27. The number of rotatable bonds is 7. The minimum Gasteiger partial charge on any atom is -0.258 e. The molecule has 0 aliphatic carbocycles. The predicted octanol–water partition coefficient (Wildman–Crippen LogP) is 2.42. The summed E-state index contributed by atoms with van der Waals surface area (Å²) in [6, 6.07) is 0. The monoisotopic (exact) mass is 221 g/mol. The quantitative estimate of drug-likeness (QED) is 0.385. The second kappa shape index (κ2) is 4.46. The first kappa shape index (κ1) is 10.8. The second-order valence-corrected chi connectivity index (χ2v) is 3.95. The van der Waals surface area contributed by atoms with E-state index in [2.05, 4.69) is 38.0 Å². The van der Waals surface area contributed by atoms with Gasteiger partial charge in [0.1, 0.15) is 0 Å². The summed E-state index contributed by atoms with van der Waals surface area (Å²) in [7, 11) is 0. The average Bonchev–Trinajstić information content (AvgIpc) is 3.00. The van der Waals surface area contributed by atoms with Gasteiger partial charge in [-0.2, -0.15) is 20.9 Å². The van der Waals surface area contributed by atoms with Crippen molar-refractivity contribution >= 4 is 11.5 Å². The molecule has 16 heavy (non-hydrogen) atoms. The number of nitrogens with zero attached hydrogens (tertiary/aromatic N) is 5. The maximum Gasteiger partial charge on any atom is 0.237 e. The molecule has 2 rings (SSSR count). The molecule has 7 nitrogen and oxygen atoms in total. The van der Waals surface area contributed by atoms with Gasteiger partial charge in [-0.25, -0.2) is 0 Å². The minimum absolute atomic E-state index is 0.470. The lowest BCUT2D eigenvalue weighted by Gasteiger charge is -2.20. The third kappa shape index (κ3) is 1.98. The number of nitrogens with one attached hydrogen (secondary N) is 2. The Morgan fingerprint density at radius 1 is 1.31 bits per heavy atom. The second-order valence-electron chi connectivity index (χ2n) is 3.95. The van der Waals surface area contributed by atoms with Crippen molar-refractivity contribution in [2.75, 3.05) is 0 Å². The molecular weight excluding hydrogens is 206 g/mol. The van der Waals surface area contributed by atoms with Crippen molar-refractivity contribution in [1.82, 2.24) is 5.43 Å². The third-order valence-electron chi connectivity index (χ3n) is 2.75. The molecule has 2 aliphatic heterocycles. The van der Waals surface area contributed by atoms with Crippen LogP contribution in [-0.4, -0.2) is 17.2 Å². The zero-order chi connectivity index (χ0) is 11.4. The van der Waals surface area contributed by atoms with E-state index in [1.54, 1.807) is 0 Å². The van der Waals surface area contributed by atoms with E-state index in [0.29, 0.717) is 5.84 Å². The molecule has 0 saturated carbocycles. The van der Waals surface area contributed by atoms with Crippen molar-refractivity contribution in [2.24, 2.45) is 25.7 Å². The first-order valence-corrected chi connectivity index (χ1v) is 5.55. The average molecular weight is 221 g/mol. The fourth-order valence-electron chi connectivity index (χ4n) is 1.73. The molecule has 0 aromatic rings. The van der Waals surface area contributed by atoms with E-state index in [4.69, 9.17) is 5.53 Å². The van der Waals surface area contributed by atoms with E-state index in [-0.39, 0.29) is 0 Å². The Bertz CT molecular complexity index is 362. The van der Waals surface area contributed by atoms with Gasteiger partial charge in [0.05, 0.1) is 0 Å². The van der Waals surface area contributed by atoms with Crippen molar-refractivity contribution in [3.63, 3.8) is 0 Å². The Morgan fingerprint density at radius 3 is 2.62 bits per heavy atom. The van der Waals surface area contributed by atoms with Crippen molar-refractivity contribution < 1.29 is 0 Å². The number of hydrogen-bond donors (Lipinski definition) is 2. The van der Waals surface area contributed by atoms with E-state index in [1.165, 1.54) is 19.3 Å². The van der Waals surface area contributed by atoms with Crippen molar-refractivity contribution in [3.8, 4) is 0 Å². The van der Waals surface area contributed by atoms with Gasteiger partial charge in [0.15, 0.2) is 11.5 Å². The lowest BCUT2D eigenvalue weighted by atomic mass is 9.98. The van der Waals surface area contributed by atoms with Crippen LogP contribution in [0.5, 0.6) is 0 Å². The van der Waals surface area contributed by atoms with Crippen LogP contribution in [0.4, 0.5) is 0 Å². The lowest BCUT2D eigenvalue weighted by molar-refractivity contribution is 0.582. The summed E-state index contributed by atoms with van der Waals surface area (Å²) in [5, 5.41) is 18.7. The highest BCUT2D eigenvalue weighted by molar-refractivity contribution is 6.48. The van der Waals surface area contributed by atoms with Gasteiger partial charge in [0.2, 0.25) is 5.66 Å². The van der Waals surface area contributed by atoms with Crippen molar-refractivity contribution in [1.29, 1.82) is 5.53 Å². The van der Waals surface area contributed by atoms with Crippen LogP contribution in [0, 0.1) is 5.53 Å². The maximum atomic E-state index is 6.66. The first-order chi connectivity index (χ1) is 7.82. The standard InChI is InChI=1S/C9H15N7/c1-2-3-4-5-6-9(14-15-9)7-8(12-11-7)13-16-10/h2-6H2,1H3,(H2,10,12,13). The van der Waals surface area contributed by atoms with Gasteiger partial charge in [-0.3, -0.25) is 5.43 Å². The highest BCUT2D eigenvalue weighted by Crippen LogP contribution is 2.37. The first-order valence-electron chi connectivity index (χ1n) is 5.55. The predicted molar refractivity (Wildman–Crippen MR) is 59.5 cm³/mol. The lowest BCUT2D eigenvalue weighted by Crippen LogP contribution is -2.47. The van der Waals surface area contributed by atoms with E-state index >= 15 is 0 Å². The Balaban J connectivity index is 1.85. The summed E-state index contributed by atoms with van der Waals surface area (Å²) < 4.78 is 0. The molecule has 0 aromatic heterocycles. The number of hydrazone groups is 1. The fourth-order valence-corrected chi connectivity index (χ4v) is 1.73. The van der Waals surface area contributed by atoms with Gasteiger partial charge in [0.25, 0.3) is 0 Å². The molecule has 86 valence electrons. The van der Waals surface area contributed by atoms with E-state index in [9.17, 15) is 0 Å². The number of amidine groups is 1. The van der Waals surface area contributed by atoms with Crippen LogP contribution < -0.4 is 5.43 Å². The summed E-state index contributed by atoms with van der Waals surface area (Å²) in [5.41, 5.74) is 9.56. The third-order valence-corrected chi connectivity index (χ3v) is 2.75. The molecular formula is C9H15N7. The van der Waals surface area contributed by atoms with E-state index in [1.807, 2.05) is 0 Å². The van der Waals surface area contributed by atoms with Gasteiger partial charge in [0, 0.05) is 6.42 Å². The molecule has 2 aliphatic rings. The van der Waals surface area contributed by atoms with Crippen LogP contribution in [0.1, 0.15) is 39.0 Å². The maximum absolute atomic E-state index is 6.66. The van der Waals surface area contributed by atoms with E-state index in [0.717, 1.165) is 18.6 Å². The van der Waals surface area contributed by atoms with Crippen LogP contribution in [0.15, 0.2) is 25.7 Å². The smallest absolute Gasteiger partial charge is 0.237 e. The fraction of sp³-hybridized carbons (Fsp3) is 0.778. The molecule has 0 spiro atoms. The van der Waals surface area contributed by atoms with Gasteiger partial charge >= 0.3 is 0 Å². The largest absolute Gasteiger partial charge is 0.258 e. The molecule has 0 saturated heterocycles. The normalized spacial score (nSPS) is 22.3. The number of hydrogen-bond acceptors (Lipinski definition) is 5. The van der Waals surface area contributed by atoms with Gasteiger partial charge in [-0.1, -0.05) is 31.4 Å². The van der Waals surface area contributed by atoms with Crippen molar-refractivity contribution in [3.05, 3.63) is 0 Å². The van der Waals surface area contributed by atoms with Crippen LogP contribution >= 0.6 is 0 Å². The Hall–Kier alpha value is -1.66. The topological polar surface area (TPSA) is 97.7 Å². The molecule has 7 heteroatoms. The summed E-state index contributed by atoms with van der Waals surface area (Å²) in [6.45, 7) is 2.18. The molecule has 2 heterocycles. The van der Waals surface area contributed by atoms with Crippen LogP contribution in [0.25, 0.3) is 0 Å². The highest BCUT2D eigenvalue weighted by Gasteiger charge is 2.50. The van der Waals surface area contributed by atoms with Crippen LogP contribution in [0.2, 0.25) is 0 Å². The Labute approximate surface area is 93.6 Å². The summed E-state index contributed by atoms with van der Waals surface area (Å²) in [4.78, 5) is 0. The highest BCUT2D eigenvalue weighted by atomic mass is 15.5. The van der Waals surface area contributed by atoms with Gasteiger partial charge < -0.3 is 0 Å². The van der Waals surface area contributed by atoms with E-state index < -0.39 is 5.66 Å². The van der Waals surface area contributed by atoms with Crippen LogP contribution in [-0.2, 0) is 0 Å². The molecule has 0 amide bonds. The number of unbranched alkanes of at least 4 members (excludes halogenated alkanes) is 3. The molecule has 0 fully saturated rings. The molecule has 0 radical (unpaired) electrons. The Kier molecular flexibility index (Phi) is 3.02. The van der Waals surface area contributed by atoms with Crippen LogP contribution in [0.3, 0.4) is 0 Å². The van der Waals surface area contributed by atoms with Crippen molar-refractivity contribution in [2.45, 2.75) is 44.7 Å². The molecule has 0 bridgehead atoms. The van der Waals surface area contributed by atoms with Gasteiger partial charge in [-0.05, 0) is 6.42 Å². The van der Waals surface area contributed by atoms with Gasteiger partial charge in [-0.15, -0.1) is 5.10 Å². The summed E-state index contributed by atoms with van der Waals surface area (Å²) >= 11 is 0. The molecule has 0 atom stereocenters. The minimum atomic E-state index is -0.470. The molecule has 0 unspecified atom stereocenters. The summed E-state index contributed by atoms with van der Waals surface area (Å²) in [6.07, 6.45) is 5.62. The Morgan fingerprint density at radius 2 is 2.12 bits per heavy atom. The molecule has 0 aromatic carbocycles. The SMILES string of the molecule is CCCCCCC1(C2=NN/C2=N\N=N)N=N1. The zero-order valence-corrected chi connectivity index (χ0v) is 9.27. The molecule has 2 N–H and O–H groups in total. The summed E-state index contributed by atoms with van der Waals surface area (Å²) in [5.74, 6) is 0.524.